The molecule has 0 aliphatic carbocycles. The highest BCUT2D eigenvalue weighted by molar-refractivity contribution is 7.92. The van der Waals surface area contributed by atoms with Gasteiger partial charge in [-0.15, -0.1) is 0 Å². The number of ether oxygens (including phenoxy) is 2. The molecule has 0 spiro atoms. The van der Waals surface area contributed by atoms with Crippen molar-refractivity contribution in [1.82, 2.24) is 5.32 Å². The quantitative estimate of drug-likeness (QED) is 0.340. The van der Waals surface area contributed by atoms with Crippen LogP contribution in [0, 0.1) is 11.3 Å². The third-order valence-corrected chi connectivity index (χ3v) is 7.13. The summed E-state index contributed by atoms with van der Waals surface area (Å²) < 4.78 is 37.2. The second-order valence-electron chi connectivity index (χ2n) is 9.80. The van der Waals surface area contributed by atoms with Gasteiger partial charge in [0.1, 0.15) is 30.3 Å². The van der Waals surface area contributed by atoms with Crippen LogP contribution in [0.3, 0.4) is 0 Å². The summed E-state index contributed by atoms with van der Waals surface area (Å²) in [6, 6.07) is 23.8. The van der Waals surface area contributed by atoms with Gasteiger partial charge >= 0.3 is 0 Å². The molecule has 0 unspecified atom stereocenters. The van der Waals surface area contributed by atoms with E-state index in [-0.39, 0.29) is 30.0 Å². The van der Waals surface area contributed by atoms with Crippen LogP contribution >= 0.6 is 0 Å². The lowest BCUT2D eigenvalue weighted by Gasteiger charge is -2.28. The lowest BCUT2D eigenvalue weighted by Crippen LogP contribution is -2.46. The van der Waals surface area contributed by atoms with Crippen LogP contribution in [-0.2, 0) is 23.0 Å². The van der Waals surface area contributed by atoms with Crippen LogP contribution in [0.1, 0.15) is 30.5 Å². The summed E-state index contributed by atoms with van der Waals surface area (Å²) in [5.41, 5.74) is 2.24. The number of aliphatic hydroxyl groups excluding tert-OH is 1. The van der Waals surface area contributed by atoms with Gasteiger partial charge in [0, 0.05) is 12.1 Å². The summed E-state index contributed by atoms with van der Waals surface area (Å²) in [7, 11) is -1.97. The van der Waals surface area contributed by atoms with E-state index in [1.165, 1.54) is 10.4 Å². The van der Waals surface area contributed by atoms with Crippen molar-refractivity contribution in [3.63, 3.8) is 0 Å². The number of rotatable bonds is 13. The molecule has 0 heterocycles. The number of aliphatic hydroxyl groups is 1. The van der Waals surface area contributed by atoms with Gasteiger partial charge in [0.15, 0.2) is 0 Å². The van der Waals surface area contributed by atoms with Crippen molar-refractivity contribution in [3.8, 4) is 17.6 Å². The number of methoxy groups -OCH3 is 1. The molecule has 0 bridgehead atoms. The molecule has 2 N–H and O–H groups in total. The summed E-state index contributed by atoms with van der Waals surface area (Å²) in [4.78, 5) is 0. The summed E-state index contributed by atoms with van der Waals surface area (Å²) in [5.74, 6) is 1.08. The molecule has 3 rings (SSSR count). The maximum Gasteiger partial charge on any atom is 0.232 e. The Kier molecular flexibility index (Phi) is 9.75. The Morgan fingerprint density at radius 2 is 1.74 bits per heavy atom. The standard InChI is InChI=1S/C29H35N3O5S/c1-29(2,17-22-10-13-27(36-3)14-11-22)31-19-26(33)21-37-28-15-12-25(16-24(28)18-30)32(38(4,34)35)20-23-8-6-5-7-9-23/h5-16,26,31,33H,17,19-21H2,1-4H3/t26-/m1/s1. The first-order chi connectivity index (χ1) is 18.0. The highest BCUT2D eigenvalue weighted by Crippen LogP contribution is 2.28. The van der Waals surface area contributed by atoms with E-state index in [9.17, 15) is 18.8 Å². The monoisotopic (exact) mass is 537 g/mol. The van der Waals surface area contributed by atoms with E-state index in [2.05, 4.69) is 25.2 Å². The molecular weight excluding hydrogens is 502 g/mol. The van der Waals surface area contributed by atoms with E-state index >= 15 is 0 Å². The molecular formula is C29H35N3O5S. The van der Waals surface area contributed by atoms with E-state index < -0.39 is 16.1 Å². The van der Waals surface area contributed by atoms with Gasteiger partial charge in [-0.3, -0.25) is 4.31 Å². The van der Waals surface area contributed by atoms with Gasteiger partial charge in [0.25, 0.3) is 0 Å². The van der Waals surface area contributed by atoms with Gasteiger partial charge in [-0.1, -0.05) is 42.5 Å². The van der Waals surface area contributed by atoms with Crippen LogP contribution in [0.4, 0.5) is 5.69 Å². The van der Waals surface area contributed by atoms with Gasteiger partial charge in [0.2, 0.25) is 10.0 Å². The van der Waals surface area contributed by atoms with Crippen molar-refractivity contribution in [2.24, 2.45) is 0 Å². The predicted molar refractivity (Wildman–Crippen MR) is 149 cm³/mol. The van der Waals surface area contributed by atoms with Crippen LogP contribution in [0.15, 0.2) is 72.8 Å². The molecule has 0 fully saturated rings. The zero-order valence-electron chi connectivity index (χ0n) is 22.2. The van der Waals surface area contributed by atoms with Crippen LogP contribution < -0.4 is 19.1 Å². The van der Waals surface area contributed by atoms with Crippen LogP contribution in [0.2, 0.25) is 0 Å². The molecule has 1 atom stereocenters. The second-order valence-corrected chi connectivity index (χ2v) is 11.7. The minimum atomic E-state index is -3.60. The molecule has 0 aliphatic heterocycles. The van der Waals surface area contributed by atoms with E-state index in [1.807, 2.05) is 54.6 Å². The van der Waals surface area contributed by atoms with E-state index in [4.69, 9.17) is 9.47 Å². The van der Waals surface area contributed by atoms with Crippen molar-refractivity contribution in [2.45, 2.75) is 38.5 Å². The summed E-state index contributed by atoms with van der Waals surface area (Å²) in [6.07, 6.45) is 1.07. The number of anilines is 1. The Bertz CT molecular complexity index is 1340. The Labute approximate surface area is 225 Å². The Morgan fingerprint density at radius 3 is 2.34 bits per heavy atom. The topological polar surface area (TPSA) is 112 Å². The Balaban J connectivity index is 1.60. The molecule has 9 heteroatoms. The number of nitrogens with one attached hydrogen (secondary N) is 1. The van der Waals surface area contributed by atoms with Crippen LogP contribution in [0.5, 0.6) is 11.5 Å². The van der Waals surface area contributed by atoms with Gasteiger partial charge in [0.05, 0.1) is 31.2 Å². The fourth-order valence-corrected chi connectivity index (χ4v) is 4.87. The van der Waals surface area contributed by atoms with Crippen molar-refractivity contribution < 1.29 is 23.0 Å². The zero-order valence-corrected chi connectivity index (χ0v) is 23.0. The normalized spacial score (nSPS) is 12.4. The largest absolute Gasteiger partial charge is 0.497 e. The van der Waals surface area contributed by atoms with Crippen molar-refractivity contribution in [3.05, 3.63) is 89.5 Å². The number of β-amino-alcohol motifs (C(OH)–C–C–N with tert-alkyl or cyclic N) is 1. The lowest BCUT2D eigenvalue weighted by molar-refractivity contribution is 0.0987. The summed E-state index contributed by atoms with van der Waals surface area (Å²) in [6.45, 7) is 4.52. The first kappa shape index (κ1) is 29.0. The fraction of sp³-hybridized carbons (Fsp3) is 0.345. The average Bonchev–Trinajstić information content (AvgIpc) is 2.89. The zero-order chi connectivity index (χ0) is 27.8. The molecule has 0 aromatic heterocycles. The molecule has 3 aromatic carbocycles. The molecule has 0 saturated carbocycles. The van der Waals surface area contributed by atoms with Crippen molar-refractivity contribution >= 4 is 15.7 Å². The predicted octanol–water partition coefficient (Wildman–Crippen LogP) is 3.88. The van der Waals surface area contributed by atoms with Gasteiger partial charge < -0.3 is 19.9 Å². The minimum Gasteiger partial charge on any atom is -0.497 e. The molecule has 202 valence electrons. The molecule has 3 aromatic rings. The smallest absolute Gasteiger partial charge is 0.232 e. The SMILES string of the molecule is COc1ccc(CC(C)(C)NC[C@@H](O)COc2ccc(N(Cc3ccccc3)S(C)(=O)=O)cc2C#N)cc1. The molecule has 0 saturated heterocycles. The fourth-order valence-electron chi connectivity index (χ4n) is 3.99. The molecule has 0 amide bonds. The number of hydrogen-bond donors (Lipinski definition) is 2. The third kappa shape index (κ3) is 8.48. The van der Waals surface area contributed by atoms with Gasteiger partial charge in [-0.05, 0) is 61.7 Å². The molecule has 0 aliphatic rings. The van der Waals surface area contributed by atoms with E-state index in [0.29, 0.717) is 12.2 Å². The Morgan fingerprint density at radius 1 is 1.05 bits per heavy atom. The lowest BCUT2D eigenvalue weighted by atomic mass is 9.94. The second kappa shape index (κ2) is 12.8. The molecule has 8 nitrogen and oxygen atoms in total. The number of hydrogen-bond acceptors (Lipinski definition) is 7. The van der Waals surface area contributed by atoms with E-state index in [1.54, 1.807) is 19.2 Å². The maximum absolute atomic E-state index is 12.5. The van der Waals surface area contributed by atoms with Crippen LogP contribution in [-0.4, -0.2) is 51.7 Å². The molecule has 38 heavy (non-hydrogen) atoms. The number of sulfonamides is 1. The van der Waals surface area contributed by atoms with Gasteiger partial charge in [-0.25, -0.2) is 8.42 Å². The summed E-state index contributed by atoms with van der Waals surface area (Å²) >= 11 is 0. The minimum absolute atomic E-state index is 0.0283. The number of nitrogens with zero attached hydrogens (tertiary/aromatic N) is 2. The molecule has 0 radical (unpaired) electrons. The Hall–Kier alpha value is -3.58. The third-order valence-electron chi connectivity index (χ3n) is 5.99. The average molecular weight is 538 g/mol. The highest BCUT2D eigenvalue weighted by atomic mass is 32.2. The number of benzene rings is 3. The van der Waals surface area contributed by atoms with Crippen molar-refractivity contribution in [1.29, 1.82) is 5.26 Å². The van der Waals surface area contributed by atoms with Crippen molar-refractivity contribution in [2.75, 3.05) is 30.8 Å². The number of nitriles is 1. The maximum atomic E-state index is 12.5. The first-order valence-electron chi connectivity index (χ1n) is 12.3. The van der Waals surface area contributed by atoms with Crippen LogP contribution in [0.25, 0.3) is 0 Å². The van der Waals surface area contributed by atoms with Gasteiger partial charge in [-0.2, -0.15) is 5.26 Å². The first-order valence-corrected chi connectivity index (χ1v) is 14.1. The van der Waals surface area contributed by atoms with E-state index in [0.717, 1.165) is 29.6 Å². The highest BCUT2D eigenvalue weighted by Gasteiger charge is 2.21. The summed E-state index contributed by atoms with van der Waals surface area (Å²) in [5, 5.41) is 23.6.